The van der Waals surface area contributed by atoms with Gasteiger partial charge in [0.1, 0.15) is 11.8 Å². The second kappa shape index (κ2) is 8.74. The predicted molar refractivity (Wildman–Crippen MR) is 116 cm³/mol. The highest BCUT2D eigenvalue weighted by Crippen LogP contribution is 2.31. The van der Waals surface area contributed by atoms with Crippen molar-refractivity contribution in [2.24, 2.45) is 0 Å². The largest absolute Gasteiger partial charge is 0.573 e. The van der Waals surface area contributed by atoms with Gasteiger partial charge in [0.2, 0.25) is 0 Å². The van der Waals surface area contributed by atoms with Gasteiger partial charge in [0, 0.05) is 23.3 Å². The van der Waals surface area contributed by atoms with Crippen molar-refractivity contribution in [1.29, 1.82) is 0 Å². The third-order valence-corrected chi connectivity index (χ3v) is 5.47. The number of urea groups is 1. The number of nitrogens with zero attached hydrogens (tertiary/aromatic N) is 3. The zero-order valence-electron chi connectivity index (χ0n) is 17.2. The normalized spacial score (nSPS) is 16.5. The zero-order chi connectivity index (χ0) is 23.8. The Morgan fingerprint density at radius 1 is 1.06 bits per heavy atom. The molecule has 0 aliphatic carbocycles. The molecule has 1 unspecified atom stereocenters. The van der Waals surface area contributed by atoms with E-state index in [2.05, 4.69) is 9.72 Å². The Morgan fingerprint density at radius 2 is 1.76 bits per heavy atom. The van der Waals surface area contributed by atoms with Gasteiger partial charge in [-0.1, -0.05) is 29.8 Å². The van der Waals surface area contributed by atoms with Crippen LogP contribution in [0.5, 0.6) is 5.75 Å². The number of carbonyl (C=O) groups is 2. The van der Waals surface area contributed by atoms with Crippen molar-refractivity contribution in [3.05, 3.63) is 77.4 Å². The monoisotopic (exact) mass is 475 g/mol. The molecule has 1 saturated heterocycles. The van der Waals surface area contributed by atoms with Gasteiger partial charge in [-0.15, -0.1) is 13.2 Å². The molecule has 1 aliphatic rings. The molecule has 0 N–H and O–H groups in total. The summed E-state index contributed by atoms with van der Waals surface area (Å²) < 4.78 is 41.0. The van der Waals surface area contributed by atoms with Crippen LogP contribution in [0.2, 0.25) is 5.02 Å². The minimum Gasteiger partial charge on any atom is -0.406 e. The summed E-state index contributed by atoms with van der Waals surface area (Å²) in [6.07, 6.45) is -3.24. The molecule has 10 heteroatoms. The number of imide groups is 1. The first kappa shape index (κ1) is 22.6. The van der Waals surface area contributed by atoms with E-state index in [4.69, 9.17) is 11.6 Å². The molecule has 1 aromatic heterocycles. The summed E-state index contributed by atoms with van der Waals surface area (Å²) in [5.41, 5.74) is 2.26. The van der Waals surface area contributed by atoms with Crippen LogP contribution in [0.3, 0.4) is 0 Å². The molecule has 33 heavy (non-hydrogen) atoms. The van der Waals surface area contributed by atoms with E-state index >= 15 is 0 Å². The Balaban J connectivity index is 1.55. The fourth-order valence-corrected chi connectivity index (χ4v) is 3.77. The average molecular weight is 476 g/mol. The number of hydrogen-bond acceptors (Lipinski definition) is 4. The molecular weight excluding hydrogens is 459 g/mol. The van der Waals surface area contributed by atoms with Crippen molar-refractivity contribution in [3.63, 3.8) is 0 Å². The number of alkyl halides is 3. The highest BCUT2D eigenvalue weighted by atomic mass is 35.5. The van der Waals surface area contributed by atoms with Crippen molar-refractivity contribution >= 4 is 29.2 Å². The second-order valence-electron chi connectivity index (χ2n) is 7.33. The van der Waals surface area contributed by atoms with Crippen LogP contribution in [0.4, 0.5) is 23.7 Å². The van der Waals surface area contributed by atoms with Crippen LogP contribution in [0, 0.1) is 0 Å². The smallest absolute Gasteiger partial charge is 0.406 e. The topological polar surface area (TPSA) is 62.7 Å². The van der Waals surface area contributed by atoms with E-state index in [1.165, 1.54) is 17.0 Å². The van der Waals surface area contributed by atoms with Gasteiger partial charge in [-0.3, -0.25) is 9.78 Å². The lowest BCUT2D eigenvalue weighted by molar-refractivity contribution is -0.274. The highest BCUT2D eigenvalue weighted by Gasteiger charge is 2.43. The minimum atomic E-state index is -4.83. The van der Waals surface area contributed by atoms with E-state index in [0.29, 0.717) is 10.7 Å². The Morgan fingerprint density at radius 3 is 2.42 bits per heavy atom. The van der Waals surface area contributed by atoms with Crippen molar-refractivity contribution in [3.8, 4) is 17.0 Å². The molecule has 0 saturated carbocycles. The number of carbonyl (C=O) groups excluding carboxylic acids is 2. The lowest BCUT2D eigenvalue weighted by Crippen LogP contribution is -2.33. The molecular formula is C23H17ClF3N3O3. The van der Waals surface area contributed by atoms with Gasteiger partial charge < -0.3 is 9.64 Å². The van der Waals surface area contributed by atoms with Gasteiger partial charge >= 0.3 is 12.4 Å². The molecule has 1 fully saturated rings. The molecule has 0 bridgehead atoms. The Labute approximate surface area is 192 Å². The van der Waals surface area contributed by atoms with Crippen LogP contribution < -0.4 is 9.64 Å². The molecule has 2 aromatic carbocycles. The first-order valence-electron chi connectivity index (χ1n) is 9.84. The first-order chi connectivity index (χ1) is 15.6. The molecule has 3 amide bonds. The molecule has 170 valence electrons. The van der Waals surface area contributed by atoms with E-state index in [1.54, 1.807) is 31.3 Å². The predicted octanol–water partition coefficient (Wildman–Crippen LogP) is 5.66. The summed E-state index contributed by atoms with van der Waals surface area (Å²) in [6, 6.07) is 14.0. The number of rotatable bonds is 5. The maximum absolute atomic E-state index is 13.0. The SMILES string of the molecule is CC1C(=O)N(c2ccc(OC(F)(F)F)cc2)C(=O)N1Cc1ccnc(-c2ccccc2Cl)c1. The van der Waals surface area contributed by atoms with Gasteiger partial charge in [0.05, 0.1) is 11.4 Å². The number of ether oxygens (including phenoxy) is 1. The molecule has 3 aromatic rings. The number of pyridine rings is 1. The summed E-state index contributed by atoms with van der Waals surface area (Å²) in [4.78, 5) is 32.5. The van der Waals surface area contributed by atoms with Crippen LogP contribution in [-0.2, 0) is 11.3 Å². The van der Waals surface area contributed by atoms with E-state index in [0.717, 1.165) is 28.2 Å². The molecule has 1 atom stereocenters. The molecule has 1 aliphatic heterocycles. The number of benzene rings is 2. The van der Waals surface area contributed by atoms with Crippen molar-refractivity contribution < 1.29 is 27.5 Å². The molecule has 6 nitrogen and oxygen atoms in total. The summed E-state index contributed by atoms with van der Waals surface area (Å²) in [5, 5.41) is 0.534. The molecule has 4 rings (SSSR count). The lowest BCUT2D eigenvalue weighted by Gasteiger charge is -2.20. The van der Waals surface area contributed by atoms with E-state index in [1.807, 2.05) is 18.2 Å². The second-order valence-corrected chi connectivity index (χ2v) is 7.74. The number of halogens is 4. The van der Waals surface area contributed by atoms with Gasteiger partial charge in [-0.05, 0) is 55.0 Å². The van der Waals surface area contributed by atoms with E-state index < -0.39 is 30.1 Å². The van der Waals surface area contributed by atoms with E-state index in [-0.39, 0.29) is 12.2 Å². The quantitative estimate of drug-likeness (QED) is 0.447. The summed E-state index contributed by atoms with van der Waals surface area (Å²) in [7, 11) is 0. The number of amides is 3. The number of aromatic nitrogens is 1. The lowest BCUT2D eigenvalue weighted by atomic mass is 10.1. The zero-order valence-corrected chi connectivity index (χ0v) is 18.0. The summed E-state index contributed by atoms with van der Waals surface area (Å²) in [5.74, 6) is -0.927. The number of anilines is 1. The maximum atomic E-state index is 13.0. The summed E-state index contributed by atoms with van der Waals surface area (Å²) in [6.45, 7) is 1.73. The van der Waals surface area contributed by atoms with Crippen LogP contribution in [-0.4, -0.2) is 34.2 Å². The van der Waals surface area contributed by atoms with E-state index in [9.17, 15) is 22.8 Å². The van der Waals surface area contributed by atoms with Crippen LogP contribution in [0.15, 0.2) is 66.9 Å². The summed E-state index contributed by atoms with van der Waals surface area (Å²) >= 11 is 6.25. The van der Waals surface area contributed by atoms with Crippen LogP contribution >= 0.6 is 11.6 Å². The van der Waals surface area contributed by atoms with Crippen molar-refractivity contribution in [1.82, 2.24) is 9.88 Å². The van der Waals surface area contributed by atoms with Gasteiger partial charge in [-0.2, -0.15) is 0 Å². The van der Waals surface area contributed by atoms with Gasteiger partial charge in [-0.25, -0.2) is 9.69 Å². The standard InChI is InChI=1S/C23H17ClF3N3O3/c1-14-21(31)30(16-6-8-17(9-7-16)33-23(25,26)27)22(32)29(14)13-15-10-11-28-20(12-15)18-4-2-3-5-19(18)24/h2-12,14H,13H2,1H3. The van der Waals surface area contributed by atoms with Gasteiger partial charge in [0.15, 0.2) is 0 Å². The third kappa shape index (κ3) is 4.78. The van der Waals surface area contributed by atoms with Crippen molar-refractivity contribution in [2.45, 2.75) is 25.9 Å². The first-order valence-corrected chi connectivity index (χ1v) is 10.2. The third-order valence-electron chi connectivity index (χ3n) is 5.14. The van der Waals surface area contributed by atoms with Gasteiger partial charge in [0.25, 0.3) is 5.91 Å². The molecule has 0 spiro atoms. The van der Waals surface area contributed by atoms with Crippen molar-refractivity contribution in [2.75, 3.05) is 4.90 Å². The fourth-order valence-electron chi connectivity index (χ4n) is 3.53. The fraction of sp³-hybridized carbons (Fsp3) is 0.174. The Hall–Kier alpha value is -3.59. The molecule has 2 heterocycles. The highest BCUT2D eigenvalue weighted by molar-refractivity contribution is 6.33. The average Bonchev–Trinajstić information content (AvgIpc) is 2.97. The Kier molecular flexibility index (Phi) is 5.99. The Bertz CT molecular complexity index is 1200. The maximum Gasteiger partial charge on any atom is 0.573 e. The molecule has 0 radical (unpaired) electrons. The van der Waals surface area contributed by atoms with Crippen LogP contribution in [0.1, 0.15) is 12.5 Å². The minimum absolute atomic E-state index is 0.136. The van der Waals surface area contributed by atoms with Crippen LogP contribution in [0.25, 0.3) is 11.3 Å². The number of hydrogen-bond donors (Lipinski definition) is 0.